The largest absolute Gasteiger partial charge is 0.352 e. The lowest BCUT2D eigenvalue weighted by Crippen LogP contribution is -2.47. The second kappa shape index (κ2) is 7.17. The minimum atomic E-state index is -0.531. The van der Waals surface area contributed by atoms with E-state index in [1.165, 1.54) is 24.3 Å². The summed E-state index contributed by atoms with van der Waals surface area (Å²) >= 11 is 0. The van der Waals surface area contributed by atoms with Gasteiger partial charge in [0.05, 0.1) is 16.6 Å². The molecule has 3 aromatic rings. The summed E-state index contributed by atoms with van der Waals surface area (Å²) in [5, 5.41) is 10.3. The van der Waals surface area contributed by atoms with Gasteiger partial charge in [-0.1, -0.05) is 0 Å². The Balaban J connectivity index is 1.25. The highest BCUT2D eigenvalue weighted by molar-refractivity contribution is 6.22. The molecule has 2 aromatic carbocycles. The molecular weight excluding hydrogens is 392 g/mol. The van der Waals surface area contributed by atoms with Crippen molar-refractivity contribution in [3.05, 3.63) is 58.7 Å². The van der Waals surface area contributed by atoms with Crippen molar-refractivity contribution in [3.8, 4) is 0 Å². The van der Waals surface area contributed by atoms with E-state index in [1.807, 2.05) is 0 Å². The Morgan fingerprint density at radius 2 is 1.80 bits per heavy atom. The molecule has 5 rings (SSSR count). The molecule has 0 saturated carbocycles. The second-order valence-corrected chi connectivity index (χ2v) is 7.55. The van der Waals surface area contributed by atoms with Gasteiger partial charge in [-0.25, -0.2) is 8.78 Å². The van der Waals surface area contributed by atoms with E-state index in [0.29, 0.717) is 24.0 Å². The third-order valence-corrected chi connectivity index (χ3v) is 5.81. The van der Waals surface area contributed by atoms with Crippen molar-refractivity contribution < 1.29 is 18.4 Å². The molecule has 0 aliphatic carbocycles. The number of carbonyl (C=O) groups is 2. The topological polar surface area (TPSA) is 81.3 Å². The van der Waals surface area contributed by atoms with E-state index in [9.17, 15) is 18.4 Å². The van der Waals surface area contributed by atoms with Crippen molar-refractivity contribution in [2.75, 3.05) is 37.6 Å². The first-order valence-electron chi connectivity index (χ1n) is 9.79. The van der Waals surface area contributed by atoms with Gasteiger partial charge < -0.3 is 4.90 Å². The van der Waals surface area contributed by atoms with Crippen LogP contribution in [0.5, 0.6) is 0 Å². The van der Waals surface area contributed by atoms with Gasteiger partial charge in [0.1, 0.15) is 11.6 Å². The summed E-state index contributed by atoms with van der Waals surface area (Å²) in [4.78, 5) is 28.2. The van der Waals surface area contributed by atoms with Gasteiger partial charge in [-0.3, -0.25) is 24.9 Å². The maximum atomic E-state index is 14.4. The molecule has 2 amide bonds. The van der Waals surface area contributed by atoms with Gasteiger partial charge in [0.25, 0.3) is 11.8 Å². The third kappa shape index (κ3) is 3.11. The molecule has 3 heterocycles. The normalized spacial score (nSPS) is 16.9. The summed E-state index contributed by atoms with van der Waals surface area (Å²) in [6, 6.07) is 7.17. The molecule has 2 aliphatic heterocycles. The number of aromatic nitrogens is 2. The first-order chi connectivity index (χ1) is 14.5. The summed E-state index contributed by atoms with van der Waals surface area (Å²) in [5.74, 6) is -0.983. The molecule has 9 heteroatoms. The maximum Gasteiger partial charge on any atom is 0.259 e. The molecule has 1 aromatic heterocycles. The highest BCUT2D eigenvalue weighted by atomic mass is 19.1. The molecule has 1 saturated heterocycles. The number of piperazine rings is 1. The lowest BCUT2D eigenvalue weighted by atomic mass is 9.99. The summed E-state index contributed by atoms with van der Waals surface area (Å²) < 4.78 is 27.8. The number of aromatic amines is 1. The first-order valence-corrected chi connectivity index (χ1v) is 9.79. The average molecular weight is 411 g/mol. The Labute approximate surface area is 170 Å². The number of rotatable bonds is 4. The van der Waals surface area contributed by atoms with Crippen LogP contribution in [0.2, 0.25) is 0 Å². The molecular formula is C21H19F2N5O2. The van der Waals surface area contributed by atoms with Crippen LogP contribution in [0, 0.1) is 11.6 Å². The number of H-pyrrole nitrogens is 1. The molecule has 30 heavy (non-hydrogen) atoms. The molecule has 2 N–H and O–H groups in total. The van der Waals surface area contributed by atoms with Gasteiger partial charge in [-0.15, -0.1) is 0 Å². The Hall–Kier alpha value is -3.33. The highest BCUT2D eigenvalue weighted by Gasteiger charge is 2.31. The van der Waals surface area contributed by atoms with Crippen LogP contribution in [0.3, 0.4) is 0 Å². The second-order valence-electron chi connectivity index (χ2n) is 7.55. The standard InChI is InChI=1S/C21H19F2N5O2/c22-12-1-2-14-17(11-12)25-26-19(14)28-9-7-27(8-10-28)6-5-13-16(23)4-3-15-18(13)21(30)24-20(15)29/h1-4,11H,5-10H2,(H,25,26)(H,24,29,30). The van der Waals surface area contributed by atoms with E-state index in [4.69, 9.17) is 0 Å². The maximum absolute atomic E-state index is 14.4. The van der Waals surface area contributed by atoms with Crippen LogP contribution in [-0.4, -0.2) is 59.6 Å². The lowest BCUT2D eigenvalue weighted by molar-refractivity contribution is 0.0879. The SMILES string of the molecule is O=C1NC(=O)c2c1ccc(F)c2CCN1CCN(c2n[nH]c3cc(F)ccc23)CC1. The molecule has 154 valence electrons. The molecule has 0 radical (unpaired) electrons. The fraction of sp³-hybridized carbons (Fsp3) is 0.286. The van der Waals surface area contributed by atoms with Crippen LogP contribution in [0.4, 0.5) is 14.6 Å². The van der Waals surface area contributed by atoms with Crippen LogP contribution in [-0.2, 0) is 6.42 Å². The number of nitrogens with one attached hydrogen (secondary N) is 2. The van der Waals surface area contributed by atoms with Crippen molar-refractivity contribution in [1.29, 1.82) is 0 Å². The average Bonchev–Trinajstić information content (AvgIpc) is 3.28. The van der Waals surface area contributed by atoms with Crippen LogP contribution < -0.4 is 10.2 Å². The van der Waals surface area contributed by atoms with Crippen LogP contribution >= 0.6 is 0 Å². The lowest BCUT2D eigenvalue weighted by Gasteiger charge is -2.35. The van der Waals surface area contributed by atoms with Crippen molar-refractivity contribution in [2.45, 2.75) is 6.42 Å². The van der Waals surface area contributed by atoms with E-state index in [0.717, 1.165) is 37.4 Å². The van der Waals surface area contributed by atoms with Gasteiger partial charge in [-0.2, -0.15) is 5.10 Å². The molecule has 0 bridgehead atoms. The first kappa shape index (κ1) is 18.7. The Morgan fingerprint density at radius 3 is 2.60 bits per heavy atom. The quantitative estimate of drug-likeness (QED) is 0.643. The zero-order chi connectivity index (χ0) is 20.8. The molecule has 1 fully saturated rings. The predicted molar refractivity (Wildman–Crippen MR) is 107 cm³/mol. The van der Waals surface area contributed by atoms with E-state index in [-0.39, 0.29) is 16.9 Å². The van der Waals surface area contributed by atoms with Gasteiger partial charge in [0, 0.05) is 43.7 Å². The van der Waals surface area contributed by atoms with Crippen molar-refractivity contribution >= 4 is 28.5 Å². The molecule has 7 nitrogen and oxygen atoms in total. The number of anilines is 1. The number of halogens is 2. The predicted octanol–water partition coefficient (Wildman–Crippen LogP) is 2.09. The number of amides is 2. The highest BCUT2D eigenvalue weighted by Crippen LogP contribution is 2.26. The molecule has 2 aliphatic rings. The fourth-order valence-electron chi connectivity index (χ4n) is 4.22. The molecule has 0 spiro atoms. The Kier molecular flexibility index (Phi) is 4.47. The van der Waals surface area contributed by atoms with Crippen molar-refractivity contribution in [1.82, 2.24) is 20.4 Å². The van der Waals surface area contributed by atoms with Gasteiger partial charge in [0.2, 0.25) is 0 Å². The number of nitrogens with zero attached hydrogens (tertiary/aromatic N) is 3. The number of fused-ring (bicyclic) bond motifs is 2. The van der Waals surface area contributed by atoms with E-state index in [2.05, 4.69) is 25.3 Å². The van der Waals surface area contributed by atoms with Crippen LogP contribution in [0.15, 0.2) is 30.3 Å². The summed E-state index contributed by atoms with van der Waals surface area (Å²) in [7, 11) is 0. The van der Waals surface area contributed by atoms with Crippen LogP contribution in [0.25, 0.3) is 10.9 Å². The smallest absolute Gasteiger partial charge is 0.259 e. The van der Waals surface area contributed by atoms with E-state index >= 15 is 0 Å². The molecule has 0 unspecified atom stereocenters. The van der Waals surface area contributed by atoms with Gasteiger partial charge in [-0.05, 0) is 36.8 Å². The number of hydrogen-bond acceptors (Lipinski definition) is 5. The van der Waals surface area contributed by atoms with Crippen molar-refractivity contribution in [2.24, 2.45) is 0 Å². The van der Waals surface area contributed by atoms with E-state index < -0.39 is 17.6 Å². The fourth-order valence-corrected chi connectivity index (χ4v) is 4.22. The zero-order valence-corrected chi connectivity index (χ0v) is 16.0. The van der Waals surface area contributed by atoms with Crippen LogP contribution in [0.1, 0.15) is 26.3 Å². The van der Waals surface area contributed by atoms with E-state index in [1.54, 1.807) is 6.07 Å². The summed E-state index contributed by atoms with van der Waals surface area (Å²) in [6.45, 7) is 3.53. The minimum Gasteiger partial charge on any atom is -0.352 e. The van der Waals surface area contributed by atoms with Gasteiger partial charge in [0.15, 0.2) is 5.82 Å². The van der Waals surface area contributed by atoms with Crippen molar-refractivity contribution in [3.63, 3.8) is 0 Å². The summed E-state index contributed by atoms with van der Waals surface area (Å²) in [5.41, 5.74) is 1.35. The zero-order valence-electron chi connectivity index (χ0n) is 16.0. The number of carbonyl (C=O) groups excluding carboxylic acids is 2. The van der Waals surface area contributed by atoms with Gasteiger partial charge >= 0.3 is 0 Å². The summed E-state index contributed by atoms with van der Waals surface area (Å²) in [6.07, 6.45) is 0.348. The number of benzene rings is 2. The minimum absolute atomic E-state index is 0.161. The number of imide groups is 1. The number of hydrogen-bond donors (Lipinski definition) is 2. The third-order valence-electron chi connectivity index (χ3n) is 5.81. The monoisotopic (exact) mass is 411 g/mol. The Morgan fingerprint density at radius 1 is 1.00 bits per heavy atom. The molecule has 0 atom stereocenters. The Bertz CT molecular complexity index is 1170.